The SMILES string of the molecule is [CH2]OCCCCCCC/C=C\CC(CCCCCC)O[C@@H]1CCCCO1. The van der Waals surface area contributed by atoms with Crippen molar-refractivity contribution in [2.45, 2.75) is 116 Å². The minimum Gasteiger partial charge on any atom is -0.379 e. The van der Waals surface area contributed by atoms with Crippen LogP contribution in [0.25, 0.3) is 0 Å². The van der Waals surface area contributed by atoms with Crippen molar-refractivity contribution in [3.05, 3.63) is 19.3 Å². The molecule has 0 spiro atoms. The van der Waals surface area contributed by atoms with E-state index in [1.54, 1.807) is 0 Å². The van der Waals surface area contributed by atoms with Crippen LogP contribution in [-0.2, 0) is 14.2 Å². The van der Waals surface area contributed by atoms with Gasteiger partial charge in [-0.15, -0.1) is 0 Å². The Morgan fingerprint density at radius 2 is 1.81 bits per heavy atom. The number of allylic oxidation sites excluding steroid dienone is 1. The lowest BCUT2D eigenvalue weighted by atomic mass is 10.1. The zero-order valence-electron chi connectivity index (χ0n) is 17.3. The second kappa shape index (κ2) is 18.0. The second-order valence-electron chi connectivity index (χ2n) is 7.58. The molecule has 0 amide bonds. The molecule has 0 aromatic carbocycles. The van der Waals surface area contributed by atoms with Crippen LogP contribution in [0.5, 0.6) is 0 Å². The number of ether oxygens (including phenoxy) is 3. The van der Waals surface area contributed by atoms with Gasteiger partial charge in [-0.3, -0.25) is 0 Å². The molecule has 1 heterocycles. The largest absolute Gasteiger partial charge is 0.379 e. The van der Waals surface area contributed by atoms with Crippen LogP contribution >= 0.6 is 0 Å². The Hall–Kier alpha value is -0.380. The Balaban J connectivity index is 2.14. The molecule has 26 heavy (non-hydrogen) atoms. The Morgan fingerprint density at radius 1 is 1.00 bits per heavy atom. The molecule has 0 N–H and O–H groups in total. The van der Waals surface area contributed by atoms with Crippen molar-refractivity contribution in [1.29, 1.82) is 0 Å². The molecule has 1 unspecified atom stereocenters. The summed E-state index contributed by atoms with van der Waals surface area (Å²) in [6.45, 7) is 3.93. The highest BCUT2D eigenvalue weighted by atomic mass is 16.7. The van der Waals surface area contributed by atoms with Crippen LogP contribution in [0.15, 0.2) is 12.2 Å². The predicted octanol–water partition coefficient (Wildman–Crippen LogP) is 6.96. The van der Waals surface area contributed by atoms with Crippen LogP contribution in [-0.4, -0.2) is 25.6 Å². The smallest absolute Gasteiger partial charge is 0.157 e. The van der Waals surface area contributed by atoms with Crippen LogP contribution in [0.3, 0.4) is 0 Å². The van der Waals surface area contributed by atoms with Crippen molar-refractivity contribution in [3.8, 4) is 0 Å². The zero-order chi connectivity index (χ0) is 18.7. The normalized spacial score (nSPS) is 19.2. The van der Waals surface area contributed by atoms with Crippen LogP contribution in [0, 0.1) is 7.11 Å². The molecule has 3 nitrogen and oxygen atoms in total. The number of hydrogen-bond acceptors (Lipinski definition) is 3. The van der Waals surface area contributed by atoms with Gasteiger partial charge < -0.3 is 14.2 Å². The lowest BCUT2D eigenvalue weighted by molar-refractivity contribution is -0.188. The first-order valence-electron chi connectivity index (χ1n) is 11.2. The van der Waals surface area contributed by atoms with E-state index in [0.717, 1.165) is 32.5 Å². The third-order valence-electron chi connectivity index (χ3n) is 5.09. The minimum absolute atomic E-state index is 0.0376. The average Bonchev–Trinajstić information content (AvgIpc) is 2.67. The van der Waals surface area contributed by atoms with Crippen molar-refractivity contribution in [2.75, 3.05) is 13.2 Å². The van der Waals surface area contributed by atoms with Gasteiger partial charge in [-0.25, -0.2) is 0 Å². The van der Waals surface area contributed by atoms with Gasteiger partial charge in [0.05, 0.1) is 13.2 Å². The third-order valence-corrected chi connectivity index (χ3v) is 5.09. The number of rotatable bonds is 17. The molecule has 0 bridgehead atoms. The topological polar surface area (TPSA) is 27.7 Å². The molecule has 153 valence electrons. The molecular weight excluding hydrogens is 324 g/mol. The first-order valence-corrected chi connectivity index (χ1v) is 11.2. The fourth-order valence-corrected chi connectivity index (χ4v) is 3.44. The molecular formula is C23H43O3. The number of unbranched alkanes of at least 4 members (excludes halogenated alkanes) is 8. The van der Waals surface area contributed by atoms with Gasteiger partial charge in [-0.05, 0) is 51.4 Å². The fourth-order valence-electron chi connectivity index (χ4n) is 3.44. The number of hydrogen-bond donors (Lipinski definition) is 0. The van der Waals surface area contributed by atoms with Crippen LogP contribution in [0.2, 0.25) is 0 Å². The maximum Gasteiger partial charge on any atom is 0.157 e. The van der Waals surface area contributed by atoms with Gasteiger partial charge in [0.25, 0.3) is 0 Å². The molecule has 1 rings (SSSR count). The van der Waals surface area contributed by atoms with Gasteiger partial charge >= 0.3 is 0 Å². The summed E-state index contributed by atoms with van der Waals surface area (Å²) in [5, 5.41) is 0. The maximum absolute atomic E-state index is 6.26. The highest BCUT2D eigenvalue weighted by molar-refractivity contribution is 4.85. The highest BCUT2D eigenvalue weighted by Gasteiger charge is 2.18. The van der Waals surface area contributed by atoms with Crippen LogP contribution in [0.1, 0.15) is 103 Å². The Morgan fingerprint density at radius 3 is 2.58 bits per heavy atom. The molecule has 3 heteroatoms. The van der Waals surface area contributed by atoms with Gasteiger partial charge in [0.1, 0.15) is 0 Å². The van der Waals surface area contributed by atoms with Gasteiger partial charge in [0, 0.05) is 13.2 Å². The summed E-state index contributed by atoms with van der Waals surface area (Å²) in [6, 6.07) is 0. The van der Waals surface area contributed by atoms with Gasteiger partial charge in [0.2, 0.25) is 0 Å². The molecule has 0 aromatic rings. The van der Waals surface area contributed by atoms with Gasteiger partial charge in [-0.2, -0.15) is 0 Å². The van der Waals surface area contributed by atoms with Crippen molar-refractivity contribution in [2.24, 2.45) is 0 Å². The van der Waals surface area contributed by atoms with Gasteiger partial charge in [-0.1, -0.05) is 64.0 Å². The summed E-state index contributed by atoms with van der Waals surface area (Å²) in [7, 11) is 3.40. The monoisotopic (exact) mass is 367 g/mol. The Labute approximate surface area is 162 Å². The lowest BCUT2D eigenvalue weighted by Gasteiger charge is -2.27. The van der Waals surface area contributed by atoms with E-state index in [4.69, 9.17) is 14.2 Å². The van der Waals surface area contributed by atoms with Crippen LogP contribution in [0.4, 0.5) is 0 Å². The van der Waals surface area contributed by atoms with E-state index in [0.29, 0.717) is 6.10 Å². The van der Waals surface area contributed by atoms with Crippen LogP contribution < -0.4 is 0 Å². The standard InChI is InChI=1S/C23H43O3/c1-3-4-5-12-17-22(26-23-19-14-16-21-25-23)18-13-10-8-6-7-9-11-15-20-24-2/h10,13,22-23H,2-9,11-12,14-21H2,1H3/b13-10-/t22?,23-/m1/s1. The van der Waals surface area contributed by atoms with Crippen molar-refractivity contribution in [1.82, 2.24) is 0 Å². The average molecular weight is 368 g/mol. The Kier molecular flexibility index (Phi) is 16.4. The summed E-state index contributed by atoms with van der Waals surface area (Å²) < 4.78 is 16.9. The molecule has 2 atom stereocenters. The maximum atomic E-state index is 6.26. The summed E-state index contributed by atoms with van der Waals surface area (Å²) in [5.74, 6) is 0. The lowest BCUT2D eigenvalue weighted by Crippen LogP contribution is -2.27. The molecule has 0 saturated carbocycles. The molecule has 1 saturated heterocycles. The molecule has 1 radical (unpaired) electrons. The quantitative estimate of drug-likeness (QED) is 0.205. The van der Waals surface area contributed by atoms with E-state index >= 15 is 0 Å². The van der Waals surface area contributed by atoms with Crippen molar-refractivity contribution < 1.29 is 14.2 Å². The van der Waals surface area contributed by atoms with E-state index in [9.17, 15) is 0 Å². The van der Waals surface area contributed by atoms with E-state index in [2.05, 4.69) is 26.2 Å². The van der Waals surface area contributed by atoms with E-state index in [-0.39, 0.29) is 6.29 Å². The minimum atomic E-state index is 0.0376. The molecule has 1 aliphatic heterocycles. The predicted molar refractivity (Wildman–Crippen MR) is 110 cm³/mol. The van der Waals surface area contributed by atoms with E-state index in [1.807, 2.05) is 0 Å². The summed E-state index contributed by atoms with van der Waals surface area (Å²) >= 11 is 0. The molecule has 1 fully saturated rings. The summed E-state index contributed by atoms with van der Waals surface area (Å²) in [6.07, 6.45) is 23.5. The van der Waals surface area contributed by atoms with E-state index < -0.39 is 0 Å². The highest BCUT2D eigenvalue weighted by Crippen LogP contribution is 2.20. The third kappa shape index (κ3) is 13.8. The van der Waals surface area contributed by atoms with E-state index in [1.165, 1.54) is 77.0 Å². The first-order chi connectivity index (χ1) is 12.9. The molecule has 0 aromatic heterocycles. The first kappa shape index (κ1) is 23.7. The van der Waals surface area contributed by atoms with Crippen molar-refractivity contribution in [3.63, 3.8) is 0 Å². The Bertz CT molecular complexity index is 311. The molecule has 1 aliphatic rings. The van der Waals surface area contributed by atoms with Gasteiger partial charge in [0.15, 0.2) is 6.29 Å². The summed E-state index contributed by atoms with van der Waals surface area (Å²) in [5.41, 5.74) is 0. The molecule has 0 aliphatic carbocycles. The fraction of sp³-hybridized carbons (Fsp3) is 0.870. The summed E-state index contributed by atoms with van der Waals surface area (Å²) in [4.78, 5) is 0. The second-order valence-corrected chi connectivity index (χ2v) is 7.58. The van der Waals surface area contributed by atoms with Crippen molar-refractivity contribution >= 4 is 0 Å². The zero-order valence-corrected chi connectivity index (χ0v) is 17.3.